The van der Waals surface area contributed by atoms with Crippen LogP contribution in [0.3, 0.4) is 0 Å². The Bertz CT molecular complexity index is 520. The predicted molar refractivity (Wildman–Crippen MR) is 135 cm³/mol. The minimum atomic E-state index is 0.556. The van der Waals surface area contributed by atoms with Crippen molar-refractivity contribution in [3.8, 4) is 0 Å². The van der Waals surface area contributed by atoms with Crippen LogP contribution in [-0.4, -0.2) is 32.5 Å². The van der Waals surface area contributed by atoms with Gasteiger partial charge in [-0.25, -0.2) is 0 Å². The second kappa shape index (κ2) is 10.9. The van der Waals surface area contributed by atoms with Gasteiger partial charge in [-0.15, -0.1) is 47.0 Å². The van der Waals surface area contributed by atoms with Crippen molar-refractivity contribution in [1.29, 1.82) is 0 Å². The van der Waals surface area contributed by atoms with Crippen LogP contribution >= 0.6 is 72.3 Å². The van der Waals surface area contributed by atoms with Crippen LogP contribution < -0.4 is 0 Å². The third-order valence-corrected chi connectivity index (χ3v) is 12.9. The van der Waals surface area contributed by atoms with E-state index in [1.54, 1.807) is 0 Å². The zero-order chi connectivity index (χ0) is 18.5. The molecule has 0 amide bonds. The minimum Gasteiger partial charge on any atom is -0.176 e. The van der Waals surface area contributed by atoms with Crippen LogP contribution in [0, 0.1) is 0 Å². The minimum absolute atomic E-state index is 0.556. The van der Waals surface area contributed by atoms with Crippen molar-refractivity contribution in [3.63, 3.8) is 0 Å². The van der Waals surface area contributed by atoms with Gasteiger partial charge in [0, 0.05) is 32.5 Å². The number of hydrogen-bond acceptors (Lipinski definition) is 6. The van der Waals surface area contributed by atoms with E-state index < -0.39 is 0 Å². The van der Waals surface area contributed by atoms with Crippen LogP contribution in [0.4, 0.5) is 0 Å². The second-order valence-electron chi connectivity index (χ2n) is 7.11. The maximum Gasteiger partial charge on any atom is 0.0754 e. The van der Waals surface area contributed by atoms with Crippen molar-refractivity contribution in [1.82, 2.24) is 0 Å². The van der Waals surface area contributed by atoms with Crippen LogP contribution in [0.15, 0.2) is 24.3 Å². The summed E-state index contributed by atoms with van der Waals surface area (Å²) in [7, 11) is 0. The Morgan fingerprint density at radius 1 is 0.885 bits per heavy atom. The molecule has 2 heterocycles. The molecule has 26 heavy (non-hydrogen) atoms. The Balaban J connectivity index is 1.57. The van der Waals surface area contributed by atoms with Crippen molar-refractivity contribution in [2.45, 2.75) is 69.7 Å². The van der Waals surface area contributed by atoms with Gasteiger partial charge in [0.05, 0.1) is 9.16 Å². The maximum atomic E-state index is 4.70. The molecular weight excluding hydrogens is 433 g/mol. The summed E-state index contributed by atoms with van der Waals surface area (Å²) in [6.07, 6.45) is 4.83. The number of rotatable bonds is 8. The largest absolute Gasteiger partial charge is 0.176 e. The summed E-state index contributed by atoms with van der Waals surface area (Å²) in [6, 6.07) is 9.42. The van der Waals surface area contributed by atoms with Crippen molar-refractivity contribution in [2.24, 2.45) is 0 Å². The molecule has 6 unspecified atom stereocenters. The molecule has 2 aliphatic heterocycles. The van der Waals surface area contributed by atoms with Gasteiger partial charge in [0.15, 0.2) is 0 Å². The lowest BCUT2D eigenvalue weighted by atomic mass is 10.1. The maximum absolute atomic E-state index is 4.70. The smallest absolute Gasteiger partial charge is 0.0754 e. The SMILES string of the molecule is CCC(S)CC1CSC(c2cccc(C3SCC(CC(S)CC)S3)c2)S1. The first-order valence-electron chi connectivity index (χ1n) is 9.59. The molecular formula is C20H30S6. The molecule has 3 rings (SSSR count). The van der Waals surface area contributed by atoms with Gasteiger partial charge in [-0.1, -0.05) is 38.1 Å². The fraction of sp³-hybridized carbons (Fsp3) is 0.700. The molecule has 2 aliphatic rings. The Kier molecular flexibility index (Phi) is 9.24. The third-order valence-electron chi connectivity index (χ3n) is 4.97. The topological polar surface area (TPSA) is 0 Å². The predicted octanol–water partition coefficient (Wildman–Crippen LogP) is 7.58. The van der Waals surface area contributed by atoms with Gasteiger partial charge in [0.1, 0.15) is 0 Å². The molecule has 1 aromatic rings. The van der Waals surface area contributed by atoms with E-state index in [1.807, 2.05) is 0 Å². The van der Waals surface area contributed by atoms with Gasteiger partial charge >= 0.3 is 0 Å². The Morgan fingerprint density at radius 3 is 1.77 bits per heavy atom. The van der Waals surface area contributed by atoms with Crippen LogP contribution in [0.25, 0.3) is 0 Å². The van der Waals surface area contributed by atoms with Crippen molar-refractivity contribution in [2.75, 3.05) is 11.5 Å². The first kappa shape index (κ1) is 22.0. The normalized spacial score (nSPS) is 31.2. The lowest BCUT2D eigenvalue weighted by Gasteiger charge is -2.16. The summed E-state index contributed by atoms with van der Waals surface area (Å²) in [4.78, 5) is 0. The van der Waals surface area contributed by atoms with Gasteiger partial charge in [0.2, 0.25) is 0 Å². The second-order valence-corrected chi connectivity index (χ2v) is 14.3. The first-order valence-corrected chi connectivity index (χ1v) is 14.6. The molecule has 0 saturated carbocycles. The van der Waals surface area contributed by atoms with E-state index in [-0.39, 0.29) is 0 Å². The fourth-order valence-electron chi connectivity index (χ4n) is 3.29. The highest BCUT2D eigenvalue weighted by Gasteiger charge is 2.31. The molecule has 6 atom stereocenters. The molecule has 0 N–H and O–H groups in total. The molecule has 0 bridgehead atoms. The molecule has 2 fully saturated rings. The zero-order valence-corrected chi connectivity index (χ0v) is 20.6. The van der Waals surface area contributed by atoms with Crippen LogP contribution in [0.1, 0.15) is 59.8 Å². The first-order chi connectivity index (χ1) is 12.6. The number of thiol groups is 2. The van der Waals surface area contributed by atoms with Gasteiger partial charge in [0.25, 0.3) is 0 Å². The molecule has 0 radical (unpaired) electrons. The fourth-order valence-corrected chi connectivity index (χ4v) is 10.9. The Morgan fingerprint density at radius 2 is 1.35 bits per heavy atom. The quantitative estimate of drug-likeness (QED) is 0.382. The number of benzene rings is 1. The van der Waals surface area contributed by atoms with E-state index in [4.69, 9.17) is 25.3 Å². The zero-order valence-electron chi connectivity index (χ0n) is 15.5. The average molecular weight is 463 g/mol. The van der Waals surface area contributed by atoms with Gasteiger partial charge in [-0.05, 0) is 36.8 Å². The lowest BCUT2D eigenvalue weighted by molar-refractivity contribution is 0.742. The third kappa shape index (κ3) is 6.16. The highest BCUT2D eigenvalue weighted by molar-refractivity contribution is 8.20. The van der Waals surface area contributed by atoms with Gasteiger partial charge < -0.3 is 0 Å². The molecule has 0 aliphatic carbocycles. The summed E-state index contributed by atoms with van der Waals surface area (Å²) in [6.45, 7) is 4.48. The summed E-state index contributed by atoms with van der Waals surface area (Å²) in [5.74, 6) is 2.54. The Hall–Kier alpha value is 1.32. The van der Waals surface area contributed by atoms with Gasteiger partial charge in [-0.3, -0.25) is 0 Å². The van der Waals surface area contributed by atoms with Crippen LogP contribution in [0.2, 0.25) is 0 Å². The van der Waals surface area contributed by atoms with E-state index in [1.165, 1.54) is 48.3 Å². The highest BCUT2D eigenvalue weighted by atomic mass is 32.2. The van der Waals surface area contributed by atoms with E-state index in [9.17, 15) is 0 Å². The van der Waals surface area contributed by atoms with E-state index in [0.29, 0.717) is 19.7 Å². The van der Waals surface area contributed by atoms with Crippen LogP contribution in [-0.2, 0) is 0 Å². The monoisotopic (exact) mass is 462 g/mol. The highest BCUT2D eigenvalue weighted by Crippen LogP contribution is 2.54. The van der Waals surface area contributed by atoms with Crippen molar-refractivity contribution in [3.05, 3.63) is 35.4 Å². The van der Waals surface area contributed by atoms with Crippen molar-refractivity contribution >= 4 is 72.3 Å². The molecule has 146 valence electrons. The van der Waals surface area contributed by atoms with Crippen LogP contribution in [0.5, 0.6) is 0 Å². The van der Waals surface area contributed by atoms with E-state index in [2.05, 4.69) is 85.2 Å². The Labute approximate surface area is 187 Å². The molecule has 2 saturated heterocycles. The van der Waals surface area contributed by atoms with Gasteiger partial charge in [-0.2, -0.15) is 25.3 Å². The number of hydrogen-bond donors (Lipinski definition) is 2. The molecule has 1 aromatic carbocycles. The standard InChI is InChI=1S/C20H30S6/c1-3-15(21)9-17-11-23-19(25-17)13-6-5-7-14(8-13)20-24-12-18(26-20)10-16(22)4-2/h5-8,15-22H,3-4,9-12H2,1-2H3. The van der Waals surface area contributed by atoms with E-state index >= 15 is 0 Å². The van der Waals surface area contributed by atoms with Crippen molar-refractivity contribution < 1.29 is 0 Å². The summed E-state index contributed by atoms with van der Waals surface area (Å²) < 4.78 is 1.21. The van der Waals surface area contributed by atoms with E-state index in [0.717, 1.165) is 10.5 Å². The molecule has 0 aromatic heterocycles. The average Bonchev–Trinajstić information content (AvgIpc) is 3.31. The molecule has 0 spiro atoms. The summed E-state index contributed by atoms with van der Waals surface area (Å²) in [5.41, 5.74) is 3.02. The molecule has 0 nitrogen and oxygen atoms in total. The summed E-state index contributed by atoms with van der Waals surface area (Å²) >= 11 is 18.0. The molecule has 6 heteroatoms. The summed E-state index contributed by atoms with van der Waals surface area (Å²) in [5, 5.41) is 2.63. The lowest BCUT2D eigenvalue weighted by Crippen LogP contribution is -2.09. The number of thioether (sulfide) groups is 4.